The molecular weight excluding hydrogens is 380 g/mol. The summed E-state index contributed by atoms with van der Waals surface area (Å²) in [4.78, 5) is 46.0. The Morgan fingerprint density at radius 3 is 2.50 bits per heavy atom. The number of carbonyl (C=O) groups is 2. The van der Waals surface area contributed by atoms with Crippen molar-refractivity contribution in [1.29, 1.82) is 0 Å². The molecule has 0 saturated carbocycles. The van der Waals surface area contributed by atoms with Crippen LogP contribution in [0.3, 0.4) is 0 Å². The van der Waals surface area contributed by atoms with E-state index in [9.17, 15) is 14.4 Å². The highest BCUT2D eigenvalue weighted by molar-refractivity contribution is 5.88. The largest absolute Gasteiger partial charge is 0.345 e. The monoisotopic (exact) mass is 406 g/mol. The van der Waals surface area contributed by atoms with Gasteiger partial charge < -0.3 is 10.3 Å². The van der Waals surface area contributed by atoms with Crippen molar-refractivity contribution < 1.29 is 9.59 Å². The second-order valence-corrected chi connectivity index (χ2v) is 7.25. The van der Waals surface area contributed by atoms with Crippen molar-refractivity contribution in [1.82, 2.24) is 20.2 Å². The molecule has 156 valence electrons. The molecule has 0 aliphatic rings. The summed E-state index contributed by atoms with van der Waals surface area (Å²) in [5.41, 5.74) is 1.41. The molecule has 0 bridgehead atoms. The Morgan fingerprint density at radius 1 is 1.10 bits per heavy atom. The second-order valence-electron chi connectivity index (χ2n) is 7.25. The fraction of sp³-hybridized carbons (Fsp3) is 0.304. The van der Waals surface area contributed by atoms with Gasteiger partial charge in [-0.25, -0.2) is 4.98 Å². The third-order valence-corrected chi connectivity index (χ3v) is 4.96. The fourth-order valence-corrected chi connectivity index (χ4v) is 3.29. The molecule has 0 aliphatic carbocycles. The maximum atomic E-state index is 12.6. The minimum atomic E-state index is -0.572. The van der Waals surface area contributed by atoms with Crippen LogP contribution in [0.4, 0.5) is 0 Å². The lowest BCUT2D eigenvalue weighted by Gasteiger charge is -2.22. The van der Waals surface area contributed by atoms with Gasteiger partial charge in [-0.3, -0.25) is 19.3 Å². The van der Waals surface area contributed by atoms with Crippen LogP contribution in [0, 0.1) is 0 Å². The molecular formula is C23H26N4O3. The van der Waals surface area contributed by atoms with Crippen LogP contribution < -0.4 is 10.9 Å². The van der Waals surface area contributed by atoms with Gasteiger partial charge >= 0.3 is 0 Å². The van der Waals surface area contributed by atoms with E-state index in [4.69, 9.17) is 0 Å². The molecule has 30 heavy (non-hydrogen) atoms. The van der Waals surface area contributed by atoms with E-state index < -0.39 is 6.04 Å². The van der Waals surface area contributed by atoms with Crippen LogP contribution >= 0.6 is 0 Å². The van der Waals surface area contributed by atoms with Crippen LogP contribution in [0.2, 0.25) is 0 Å². The van der Waals surface area contributed by atoms with Crippen LogP contribution in [0.25, 0.3) is 10.9 Å². The van der Waals surface area contributed by atoms with Crippen LogP contribution in [-0.4, -0.2) is 45.7 Å². The predicted molar refractivity (Wildman–Crippen MR) is 116 cm³/mol. The molecule has 0 fully saturated rings. The number of nitrogens with zero attached hydrogens (tertiary/aromatic N) is 2. The number of fused-ring (bicyclic) bond motifs is 1. The molecule has 2 aromatic carbocycles. The van der Waals surface area contributed by atoms with E-state index in [1.807, 2.05) is 48.2 Å². The Balaban J connectivity index is 1.65. The molecule has 1 heterocycles. The normalized spacial score (nSPS) is 12.1. The van der Waals surface area contributed by atoms with Gasteiger partial charge in [-0.15, -0.1) is 0 Å². The maximum Gasteiger partial charge on any atom is 0.258 e. The molecule has 3 rings (SSSR count). The number of aromatic amines is 1. The molecule has 0 unspecified atom stereocenters. The number of aromatic nitrogens is 2. The van der Waals surface area contributed by atoms with E-state index in [0.29, 0.717) is 36.2 Å². The van der Waals surface area contributed by atoms with E-state index >= 15 is 0 Å². The van der Waals surface area contributed by atoms with Gasteiger partial charge in [0.25, 0.3) is 5.56 Å². The van der Waals surface area contributed by atoms with Crippen molar-refractivity contribution in [3.63, 3.8) is 0 Å². The van der Waals surface area contributed by atoms with Gasteiger partial charge in [0, 0.05) is 0 Å². The third-order valence-electron chi connectivity index (χ3n) is 4.96. The van der Waals surface area contributed by atoms with Gasteiger partial charge in [-0.05, 0) is 37.6 Å². The first-order chi connectivity index (χ1) is 14.5. The lowest BCUT2D eigenvalue weighted by molar-refractivity contribution is -0.127. The summed E-state index contributed by atoms with van der Waals surface area (Å²) in [5.74, 6) is 0.174. The molecule has 7 nitrogen and oxygen atoms in total. The van der Waals surface area contributed by atoms with Crippen molar-refractivity contribution in [2.45, 2.75) is 32.9 Å². The van der Waals surface area contributed by atoms with E-state index in [1.54, 1.807) is 18.2 Å². The molecule has 3 aromatic rings. The summed E-state index contributed by atoms with van der Waals surface area (Å²) >= 11 is 0. The van der Waals surface area contributed by atoms with Crippen molar-refractivity contribution in [2.24, 2.45) is 0 Å². The molecule has 0 saturated heterocycles. The fourth-order valence-electron chi connectivity index (χ4n) is 3.29. The minimum Gasteiger partial charge on any atom is -0.345 e. The van der Waals surface area contributed by atoms with Crippen LogP contribution in [0.5, 0.6) is 0 Å². The lowest BCUT2D eigenvalue weighted by atomic mass is 10.0. The van der Waals surface area contributed by atoms with E-state index in [2.05, 4.69) is 15.3 Å². The molecule has 2 N–H and O–H groups in total. The number of likely N-dealkylation sites (N-methyl/N-ethyl adjacent to an activating group) is 1. The molecule has 1 amide bonds. The number of Topliss-reactive ketones (excluding diaryl/α,β-unsaturated/α-hetero) is 1. The van der Waals surface area contributed by atoms with E-state index in [-0.39, 0.29) is 23.8 Å². The van der Waals surface area contributed by atoms with Crippen molar-refractivity contribution in [2.75, 3.05) is 13.1 Å². The number of carbonyl (C=O) groups excluding carboxylic acids is 2. The molecule has 7 heteroatoms. The predicted octanol–water partition coefficient (Wildman–Crippen LogP) is 2.06. The Kier molecular flexibility index (Phi) is 7.08. The molecule has 1 atom stereocenters. The van der Waals surface area contributed by atoms with Gasteiger partial charge in [0.05, 0.1) is 30.0 Å². The summed E-state index contributed by atoms with van der Waals surface area (Å²) < 4.78 is 0. The highest BCUT2D eigenvalue weighted by atomic mass is 16.2. The van der Waals surface area contributed by atoms with Gasteiger partial charge in [0.2, 0.25) is 5.91 Å². The number of hydrogen-bond acceptors (Lipinski definition) is 5. The zero-order valence-corrected chi connectivity index (χ0v) is 17.2. The van der Waals surface area contributed by atoms with Gasteiger partial charge in [-0.1, -0.05) is 49.4 Å². The third kappa shape index (κ3) is 5.61. The first-order valence-electron chi connectivity index (χ1n) is 10.00. The number of benzene rings is 2. The quantitative estimate of drug-likeness (QED) is 0.567. The minimum absolute atomic E-state index is 0.0872. The Bertz CT molecular complexity index is 1080. The van der Waals surface area contributed by atoms with Crippen molar-refractivity contribution in [3.8, 4) is 0 Å². The van der Waals surface area contributed by atoms with Crippen molar-refractivity contribution in [3.05, 3.63) is 76.3 Å². The number of ketones is 1. The first-order valence-corrected chi connectivity index (χ1v) is 10.00. The van der Waals surface area contributed by atoms with Crippen LogP contribution in [0.1, 0.15) is 25.2 Å². The molecule has 0 radical (unpaired) electrons. The molecule has 0 spiro atoms. The van der Waals surface area contributed by atoms with Gasteiger partial charge in [0.1, 0.15) is 5.82 Å². The summed E-state index contributed by atoms with van der Waals surface area (Å²) in [6.45, 7) is 4.43. The Labute approximate surface area is 175 Å². The molecule has 0 aliphatic heterocycles. The zero-order chi connectivity index (χ0) is 21.5. The summed E-state index contributed by atoms with van der Waals surface area (Å²) in [7, 11) is 0. The number of H-pyrrole nitrogens is 1. The number of nitrogens with one attached hydrogen (secondary N) is 2. The Morgan fingerprint density at radius 2 is 1.80 bits per heavy atom. The summed E-state index contributed by atoms with van der Waals surface area (Å²) in [6.07, 6.45) is 0.452. The van der Waals surface area contributed by atoms with Crippen molar-refractivity contribution >= 4 is 22.6 Å². The maximum absolute atomic E-state index is 12.6. The Hall–Kier alpha value is -3.32. The average Bonchev–Trinajstić information content (AvgIpc) is 2.73. The second kappa shape index (κ2) is 9.93. The highest BCUT2D eigenvalue weighted by Crippen LogP contribution is 2.08. The number of rotatable bonds is 9. The standard InChI is InChI=1S/C23H26N4O3/c1-3-27(14-21-24-19-12-8-7-11-18(19)23(30)26-21)15-22(29)25-20(16(2)28)13-17-9-5-4-6-10-17/h4-12,20H,3,13-15H2,1-2H3,(H,25,29)(H,24,26,30)/t20-/m1/s1. The summed E-state index contributed by atoms with van der Waals surface area (Å²) in [6, 6.07) is 16.2. The van der Waals surface area contributed by atoms with Gasteiger partial charge in [-0.2, -0.15) is 0 Å². The SMILES string of the molecule is CCN(CC(=O)N[C@H](Cc1ccccc1)C(C)=O)Cc1nc2ccccc2c(=O)[nH]1. The lowest BCUT2D eigenvalue weighted by Crippen LogP contribution is -2.46. The van der Waals surface area contributed by atoms with Crippen LogP contribution in [0.15, 0.2) is 59.4 Å². The van der Waals surface area contributed by atoms with Gasteiger partial charge in [0.15, 0.2) is 5.78 Å². The van der Waals surface area contributed by atoms with E-state index in [0.717, 1.165) is 5.56 Å². The number of para-hydroxylation sites is 1. The highest BCUT2D eigenvalue weighted by Gasteiger charge is 2.19. The van der Waals surface area contributed by atoms with E-state index in [1.165, 1.54) is 6.92 Å². The smallest absolute Gasteiger partial charge is 0.258 e. The first kappa shape index (κ1) is 21.4. The number of amides is 1. The number of hydrogen-bond donors (Lipinski definition) is 2. The summed E-state index contributed by atoms with van der Waals surface area (Å²) in [5, 5.41) is 3.37. The topological polar surface area (TPSA) is 95.2 Å². The van der Waals surface area contributed by atoms with Crippen LogP contribution in [-0.2, 0) is 22.6 Å². The molecule has 1 aromatic heterocycles. The average molecular weight is 406 g/mol. The zero-order valence-electron chi connectivity index (χ0n) is 17.2.